The van der Waals surface area contributed by atoms with E-state index in [1.807, 2.05) is 6.20 Å². The average molecular weight is 371 g/mol. The third kappa shape index (κ3) is 4.51. The maximum absolute atomic E-state index is 6.51. The van der Waals surface area contributed by atoms with Crippen molar-refractivity contribution in [3.8, 4) is 0 Å². The summed E-state index contributed by atoms with van der Waals surface area (Å²) in [6, 6.07) is 5.45. The maximum Gasteiger partial charge on any atom is 0.0679 e. The number of aromatic amines is 1. The van der Waals surface area contributed by atoms with Gasteiger partial charge in [0.25, 0.3) is 0 Å². The number of rotatable bonds is 5. The highest BCUT2D eigenvalue weighted by molar-refractivity contribution is 5.81. The van der Waals surface area contributed by atoms with Crippen LogP contribution < -0.4 is 5.73 Å². The second-order valence-corrected chi connectivity index (χ2v) is 8.58. The van der Waals surface area contributed by atoms with Crippen molar-refractivity contribution in [2.24, 2.45) is 5.73 Å². The lowest BCUT2D eigenvalue weighted by Crippen LogP contribution is -2.54. The molecule has 6 heteroatoms. The summed E-state index contributed by atoms with van der Waals surface area (Å²) in [5.74, 6) is 0. The fourth-order valence-corrected chi connectivity index (χ4v) is 4.80. The van der Waals surface area contributed by atoms with E-state index in [0.717, 1.165) is 37.6 Å². The topological polar surface area (TPSA) is 64.4 Å². The van der Waals surface area contributed by atoms with Gasteiger partial charge in [0.2, 0.25) is 0 Å². The van der Waals surface area contributed by atoms with E-state index in [2.05, 4.69) is 51.0 Å². The largest absolute Gasteiger partial charge is 0.326 e. The molecule has 2 fully saturated rings. The molecule has 148 valence electrons. The molecule has 6 nitrogen and oxygen atoms in total. The Morgan fingerprint density at radius 2 is 1.89 bits per heavy atom. The van der Waals surface area contributed by atoms with Crippen molar-refractivity contribution in [3.05, 3.63) is 29.5 Å². The summed E-state index contributed by atoms with van der Waals surface area (Å²) >= 11 is 0. The van der Waals surface area contributed by atoms with Gasteiger partial charge in [-0.3, -0.25) is 14.9 Å². The summed E-state index contributed by atoms with van der Waals surface area (Å²) < 4.78 is 0. The second-order valence-electron chi connectivity index (χ2n) is 8.58. The number of aromatic nitrogens is 2. The number of fused-ring (bicyclic) bond motifs is 1. The first-order valence-corrected chi connectivity index (χ1v) is 10.4. The lowest BCUT2D eigenvalue weighted by atomic mass is 10.0. The van der Waals surface area contributed by atoms with E-state index in [4.69, 9.17) is 5.73 Å². The van der Waals surface area contributed by atoms with Crippen LogP contribution in [0.1, 0.15) is 24.0 Å². The monoisotopic (exact) mass is 370 g/mol. The van der Waals surface area contributed by atoms with E-state index in [-0.39, 0.29) is 6.04 Å². The van der Waals surface area contributed by atoms with Crippen molar-refractivity contribution < 1.29 is 0 Å². The number of hydrogen-bond donors (Lipinski definition) is 2. The SMILES string of the molecule is Cc1cc(CC(N)CN2CCN(C3CCN(C)CC3)CC2)cc2cn[nH]c12. The van der Waals surface area contributed by atoms with Crippen LogP contribution in [0.4, 0.5) is 0 Å². The van der Waals surface area contributed by atoms with Crippen LogP contribution in [0.3, 0.4) is 0 Å². The lowest BCUT2D eigenvalue weighted by molar-refractivity contribution is 0.0625. The lowest BCUT2D eigenvalue weighted by Gasteiger charge is -2.42. The Kier molecular flexibility index (Phi) is 5.78. The number of piperazine rings is 1. The van der Waals surface area contributed by atoms with Gasteiger partial charge >= 0.3 is 0 Å². The van der Waals surface area contributed by atoms with E-state index in [9.17, 15) is 0 Å². The number of likely N-dealkylation sites (tertiary alicyclic amines) is 1. The van der Waals surface area contributed by atoms with Crippen LogP contribution in [0, 0.1) is 6.92 Å². The smallest absolute Gasteiger partial charge is 0.0679 e. The highest BCUT2D eigenvalue weighted by Crippen LogP contribution is 2.20. The van der Waals surface area contributed by atoms with E-state index >= 15 is 0 Å². The molecular weight excluding hydrogens is 336 g/mol. The third-order valence-corrected chi connectivity index (χ3v) is 6.41. The van der Waals surface area contributed by atoms with Crippen LogP contribution >= 0.6 is 0 Å². The maximum atomic E-state index is 6.51. The molecule has 1 aromatic carbocycles. The number of piperidine rings is 1. The van der Waals surface area contributed by atoms with E-state index < -0.39 is 0 Å². The van der Waals surface area contributed by atoms with Gasteiger partial charge in [-0.2, -0.15) is 5.10 Å². The van der Waals surface area contributed by atoms with Gasteiger partial charge in [0, 0.05) is 50.2 Å². The highest BCUT2D eigenvalue weighted by Gasteiger charge is 2.26. The van der Waals surface area contributed by atoms with Gasteiger partial charge < -0.3 is 10.6 Å². The van der Waals surface area contributed by atoms with Crippen molar-refractivity contribution in [3.63, 3.8) is 0 Å². The number of benzene rings is 1. The van der Waals surface area contributed by atoms with E-state index in [1.54, 1.807) is 0 Å². The minimum Gasteiger partial charge on any atom is -0.326 e. The Hall–Kier alpha value is -1.47. The standard InChI is InChI=1S/C21H34N6/c1-16-11-17(12-18-14-23-24-21(16)18)13-19(22)15-26-7-9-27(10-8-26)20-3-5-25(2)6-4-20/h11-12,14,19-20H,3-10,13,15,22H2,1-2H3,(H,23,24). The molecule has 0 spiro atoms. The van der Waals surface area contributed by atoms with Gasteiger partial charge in [0.05, 0.1) is 11.7 Å². The summed E-state index contributed by atoms with van der Waals surface area (Å²) in [5.41, 5.74) is 10.2. The molecule has 2 saturated heterocycles. The van der Waals surface area contributed by atoms with Gasteiger partial charge in [0.15, 0.2) is 0 Å². The predicted octanol–water partition coefficient (Wildman–Crippen LogP) is 1.45. The molecule has 0 amide bonds. The summed E-state index contributed by atoms with van der Waals surface area (Å²) in [6.45, 7) is 10.3. The Morgan fingerprint density at radius 3 is 2.63 bits per heavy atom. The number of H-pyrrole nitrogens is 1. The minimum atomic E-state index is 0.184. The molecule has 3 heterocycles. The zero-order chi connectivity index (χ0) is 18.8. The van der Waals surface area contributed by atoms with Crippen molar-refractivity contribution in [1.82, 2.24) is 24.9 Å². The van der Waals surface area contributed by atoms with Crippen LogP contribution in [0.15, 0.2) is 18.3 Å². The molecule has 1 aromatic heterocycles. The van der Waals surface area contributed by atoms with Crippen LogP contribution in [0.2, 0.25) is 0 Å². The van der Waals surface area contributed by atoms with Gasteiger partial charge in [0.1, 0.15) is 0 Å². The van der Waals surface area contributed by atoms with Gasteiger partial charge in [-0.25, -0.2) is 0 Å². The second kappa shape index (κ2) is 8.27. The molecule has 2 aliphatic rings. The third-order valence-electron chi connectivity index (χ3n) is 6.41. The van der Waals surface area contributed by atoms with Crippen molar-refractivity contribution >= 4 is 10.9 Å². The first-order chi connectivity index (χ1) is 13.1. The molecule has 27 heavy (non-hydrogen) atoms. The van der Waals surface area contributed by atoms with Crippen LogP contribution in [-0.4, -0.2) is 89.8 Å². The molecular formula is C21H34N6. The molecule has 3 N–H and O–H groups in total. The number of nitrogens with zero attached hydrogens (tertiary/aromatic N) is 4. The quantitative estimate of drug-likeness (QED) is 0.834. The first kappa shape index (κ1) is 18.9. The Bertz CT molecular complexity index is 740. The normalized spacial score (nSPS) is 22.5. The molecule has 0 bridgehead atoms. The average Bonchev–Trinajstić information content (AvgIpc) is 3.12. The summed E-state index contributed by atoms with van der Waals surface area (Å²) in [6.07, 6.45) is 5.48. The molecule has 2 aliphatic heterocycles. The number of nitrogens with two attached hydrogens (primary N) is 1. The van der Waals surface area contributed by atoms with Crippen LogP contribution in [0.5, 0.6) is 0 Å². The summed E-state index contributed by atoms with van der Waals surface area (Å²) in [5, 5.41) is 8.41. The van der Waals surface area contributed by atoms with Crippen molar-refractivity contribution in [2.75, 3.05) is 52.9 Å². The fourth-order valence-electron chi connectivity index (χ4n) is 4.80. The molecule has 0 aliphatic carbocycles. The molecule has 2 aromatic rings. The number of aryl methyl sites for hydroxylation is 1. The highest BCUT2D eigenvalue weighted by atomic mass is 15.3. The van der Waals surface area contributed by atoms with Crippen LogP contribution in [-0.2, 0) is 6.42 Å². The van der Waals surface area contributed by atoms with Crippen molar-refractivity contribution in [1.29, 1.82) is 0 Å². The van der Waals surface area contributed by atoms with Crippen molar-refractivity contribution in [2.45, 2.75) is 38.3 Å². The van der Waals surface area contributed by atoms with Gasteiger partial charge in [-0.05, 0) is 63.5 Å². The van der Waals surface area contributed by atoms with Gasteiger partial charge in [-0.1, -0.05) is 6.07 Å². The number of nitrogens with one attached hydrogen (secondary N) is 1. The van der Waals surface area contributed by atoms with Gasteiger partial charge in [-0.15, -0.1) is 0 Å². The minimum absolute atomic E-state index is 0.184. The molecule has 1 unspecified atom stereocenters. The van der Waals surface area contributed by atoms with Crippen LogP contribution in [0.25, 0.3) is 10.9 Å². The first-order valence-electron chi connectivity index (χ1n) is 10.4. The molecule has 0 radical (unpaired) electrons. The van der Waals surface area contributed by atoms with E-state index in [1.165, 1.54) is 55.5 Å². The van der Waals surface area contributed by atoms with E-state index in [0.29, 0.717) is 0 Å². The molecule has 0 saturated carbocycles. The Balaban J connectivity index is 1.26. The summed E-state index contributed by atoms with van der Waals surface area (Å²) in [4.78, 5) is 7.72. The predicted molar refractivity (Wildman–Crippen MR) is 111 cm³/mol. The molecule has 1 atom stereocenters. The zero-order valence-electron chi connectivity index (χ0n) is 16.8. The molecule has 4 rings (SSSR count). The Morgan fingerprint density at radius 1 is 1.15 bits per heavy atom. The Labute approximate surface area is 162 Å². The summed E-state index contributed by atoms with van der Waals surface area (Å²) in [7, 11) is 2.24. The number of hydrogen-bond acceptors (Lipinski definition) is 5. The fraction of sp³-hybridized carbons (Fsp3) is 0.667. The zero-order valence-corrected chi connectivity index (χ0v) is 16.8.